The maximum absolute atomic E-state index is 12.2. The number of carbonyl (C=O) groups excluding carboxylic acids is 1. The summed E-state index contributed by atoms with van der Waals surface area (Å²) in [5.41, 5.74) is 3.88. The van der Waals surface area contributed by atoms with E-state index < -0.39 is 0 Å². The van der Waals surface area contributed by atoms with Gasteiger partial charge in [0, 0.05) is 30.7 Å². The van der Waals surface area contributed by atoms with Crippen LogP contribution >= 0.6 is 0 Å². The lowest BCUT2D eigenvalue weighted by Gasteiger charge is -2.36. The Bertz CT molecular complexity index is 821. The van der Waals surface area contributed by atoms with Crippen molar-refractivity contribution < 1.29 is 9.53 Å². The third-order valence-corrected chi connectivity index (χ3v) is 4.84. The SMILES string of the molecule is CC1CN(c2ccc(N=CC3C(=O)Nc4ccccc43)cc2)CC(C)O1. The van der Waals surface area contributed by atoms with Gasteiger partial charge in [-0.1, -0.05) is 18.2 Å². The highest BCUT2D eigenvalue weighted by molar-refractivity contribution is 6.12. The minimum atomic E-state index is -0.327. The van der Waals surface area contributed by atoms with Crippen molar-refractivity contribution in [1.82, 2.24) is 0 Å². The van der Waals surface area contributed by atoms with Crippen LogP contribution in [0, 0.1) is 0 Å². The van der Waals surface area contributed by atoms with Gasteiger partial charge in [0.15, 0.2) is 0 Å². The molecule has 2 aromatic rings. The number of hydrogen-bond acceptors (Lipinski definition) is 4. The summed E-state index contributed by atoms with van der Waals surface area (Å²) < 4.78 is 5.79. The molecule has 5 nitrogen and oxygen atoms in total. The number of amides is 1. The van der Waals surface area contributed by atoms with Gasteiger partial charge in [-0.3, -0.25) is 9.79 Å². The highest BCUT2D eigenvalue weighted by Crippen LogP contribution is 2.31. The minimum absolute atomic E-state index is 0.0251. The van der Waals surface area contributed by atoms with Crippen LogP contribution in [0.4, 0.5) is 17.1 Å². The Kier molecular flexibility index (Phi) is 4.47. The minimum Gasteiger partial charge on any atom is -0.372 e. The molecule has 2 aliphatic rings. The highest BCUT2D eigenvalue weighted by Gasteiger charge is 2.28. The molecule has 0 spiro atoms. The van der Waals surface area contributed by atoms with E-state index in [-0.39, 0.29) is 24.0 Å². The zero-order valence-electron chi connectivity index (χ0n) is 15.1. The fraction of sp³-hybridized carbons (Fsp3) is 0.333. The standard InChI is InChI=1S/C21H23N3O2/c1-14-12-24(13-15(2)26-14)17-9-7-16(8-10-17)22-11-19-18-5-3-4-6-20(18)23-21(19)25/h3-11,14-15,19H,12-13H2,1-2H3,(H,23,25). The third-order valence-electron chi connectivity index (χ3n) is 4.84. The van der Waals surface area contributed by atoms with Crippen LogP contribution in [0.2, 0.25) is 0 Å². The zero-order chi connectivity index (χ0) is 18.1. The number of morpholine rings is 1. The Balaban J connectivity index is 1.48. The maximum Gasteiger partial charge on any atom is 0.237 e. The van der Waals surface area contributed by atoms with Crippen LogP contribution < -0.4 is 10.2 Å². The number of rotatable bonds is 3. The van der Waals surface area contributed by atoms with Gasteiger partial charge in [-0.05, 0) is 49.7 Å². The molecule has 1 amide bonds. The topological polar surface area (TPSA) is 53.9 Å². The van der Waals surface area contributed by atoms with Gasteiger partial charge in [-0.15, -0.1) is 0 Å². The summed E-state index contributed by atoms with van der Waals surface area (Å²) in [7, 11) is 0. The molecule has 1 saturated heterocycles. The summed E-state index contributed by atoms with van der Waals surface area (Å²) >= 11 is 0. The number of nitrogens with zero attached hydrogens (tertiary/aromatic N) is 2. The molecule has 2 aliphatic heterocycles. The van der Waals surface area contributed by atoms with Crippen LogP contribution in [0.3, 0.4) is 0 Å². The number of ether oxygens (including phenoxy) is 1. The Morgan fingerprint density at radius 2 is 1.77 bits per heavy atom. The van der Waals surface area contributed by atoms with Gasteiger partial charge < -0.3 is 15.0 Å². The van der Waals surface area contributed by atoms with E-state index in [0.29, 0.717) is 0 Å². The monoisotopic (exact) mass is 349 g/mol. The number of aliphatic imine (C=N–C) groups is 1. The summed E-state index contributed by atoms with van der Waals surface area (Å²) in [5, 5.41) is 2.90. The first-order valence-corrected chi connectivity index (χ1v) is 9.04. The van der Waals surface area contributed by atoms with E-state index in [0.717, 1.165) is 30.0 Å². The second kappa shape index (κ2) is 6.92. The fourth-order valence-corrected chi connectivity index (χ4v) is 3.68. The normalized spacial score (nSPS) is 25.4. The molecule has 2 aromatic carbocycles. The molecule has 3 unspecified atom stereocenters. The molecule has 1 fully saturated rings. The number of benzene rings is 2. The molecule has 0 aliphatic carbocycles. The van der Waals surface area contributed by atoms with Crippen molar-refractivity contribution in [2.45, 2.75) is 32.0 Å². The molecule has 134 valence electrons. The van der Waals surface area contributed by atoms with E-state index in [2.05, 4.69) is 41.2 Å². The molecular formula is C21H23N3O2. The Morgan fingerprint density at radius 3 is 2.50 bits per heavy atom. The fourth-order valence-electron chi connectivity index (χ4n) is 3.68. The Labute approximate surface area is 153 Å². The maximum atomic E-state index is 12.2. The largest absolute Gasteiger partial charge is 0.372 e. The summed E-state index contributed by atoms with van der Waals surface area (Å²) in [6.07, 6.45) is 2.20. The van der Waals surface area contributed by atoms with Gasteiger partial charge in [0.2, 0.25) is 5.91 Å². The van der Waals surface area contributed by atoms with E-state index in [1.165, 1.54) is 5.69 Å². The molecular weight excluding hydrogens is 326 g/mol. The average Bonchev–Trinajstić information content (AvgIpc) is 2.95. The summed E-state index contributed by atoms with van der Waals surface area (Å²) in [6.45, 7) is 6.00. The molecule has 0 radical (unpaired) electrons. The van der Waals surface area contributed by atoms with Crippen LogP contribution in [-0.4, -0.2) is 37.4 Å². The molecule has 3 atom stereocenters. The molecule has 4 rings (SSSR count). The lowest BCUT2D eigenvalue weighted by atomic mass is 10.0. The first-order valence-electron chi connectivity index (χ1n) is 9.04. The van der Waals surface area contributed by atoms with Gasteiger partial charge in [0.1, 0.15) is 5.92 Å². The van der Waals surface area contributed by atoms with Crippen molar-refractivity contribution in [2.24, 2.45) is 4.99 Å². The van der Waals surface area contributed by atoms with Crippen molar-refractivity contribution in [3.63, 3.8) is 0 Å². The summed E-state index contributed by atoms with van der Waals surface area (Å²) in [4.78, 5) is 19.0. The van der Waals surface area contributed by atoms with E-state index in [9.17, 15) is 4.79 Å². The van der Waals surface area contributed by atoms with Gasteiger partial charge >= 0.3 is 0 Å². The Morgan fingerprint density at radius 1 is 1.08 bits per heavy atom. The van der Waals surface area contributed by atoms with Crippen LogP contribution in [0.1, 0.15) is 25.3 Å². The number of anilines is 2. The first kappa shape index (κ1) is 16.8. The molecule has 0 saturated carbocycles. The first-order chi connectivity index (χ1) is 12.6. The smallest absolute Gasteiger partial charge is 0.237 e. The molecule has 0 bridgehead atoms. The van der Waals surface area contributed by atoms with Crippen molar-refractivity contribution in [1.29, 1.82) is 0 Å². The third kappa shape index (κ3) is 3.35. The second-order valence-electron chi connectivity index (χ2n) is 7.01. The van der Waals surface area contributed by atoms with Gasteiger partial charge in [0.25, 0.3) is 0 Å². The van der Waals surface area contributed by atoms with Crippen LogP contribution in [-0.2, 0) is 9.53 Å². The van der Waals surface area contributed by atoms with E-state index in [1.807, 2.05) is 36.4 Å². The predicted octanol–water partition coefficient (Wildman–Crippen LogP) is 3.74. The zero-order valence-corrected chi connectivity index (χ0v) is 15.1. The number of carbonyl (C=O) groups is 1. The van der Waals surface area contributed by atoms with E-state index >= 15 is 0 Å². The number of fused-ring (bicyclic) bond motifs is 1. The van der Waals surface area contributed by atoms with E-state index in [1.54, 1.807) is 6.21 Å². The summed E-state index contributed by atoms with van der Waals surface area (Å²) in [6, 6.07) is 15.9. The number of hydrogen-bond donors (Lipinski definition) is 1. The quantitative estimate of drug-likeness (QED) is 0.859. The van der Waals surface area contributed by atoms with Crippen molar-refractivity contribution in [2.75, 3.05) is 23.3 Å². The van der Waals surface area contributed by atoms with Gasteiger partial charge in [-0.25, -0.2) is 0 Å². The summed E-state index contributed by atoms with van der Waals surface area (Å²) in [5.74, 6) is -0.352. The van der Waals surface area contributed by atoms with Crippen molar-refractivity contribution >= 4 is 29.2 Å². The molecule has 26 heavy (non-hydrogen) atoms. The number of nitrogens with one attached hydrogen (secondary N) is 1. The van der Waals surface area contributed by atoms with Crippen LogP contribution in [0.15, 0.2) is 53.5 Å². The van der Waals surface area contributed by atoms with Crippen molar-refractivity contribution in [3.05, 3.63) is 54.1 Å². The van der Waals surface area contributed by atoms with Gasteiger partial charge in [-0.2, -0.15) is 0 Å². The number of para-hydroxylation sites is 1. The molecule has 5 heteroatoms. The van der Waals surface area contributed by atoms with Crippen LogP contribution in [0.25, 0.3) is 0 Å². The predicted molar refractivity (Wildman–Crippen MR) is 105 cm³/mol. The highest BCUT2D eigenvalue weighted by atomic mass is 16.5. The van der Waals surface area contributed by atoms with Gasteiger partial charge in [0.05, 0.1) is 17.9 Å². The molecule has 0 aromatic heterocycles. The van der Waals surface area contributed by atoms with Crippen LogP contribution in [0.5, 0.6) is 0 Å². The molecule has 1 N–H and O–H groups in total. The Hall–Kier alpha value is -2.66. The van der Waals surface area contributed by atoms with Crippen molar-refractivity contribution in [3.8, 4) is 0 Å². The molecule has 2 heterocycles. The lowest BCUT2D eigenvalue weighted by Crippen LogP contribution is -2.45. The lowest BCUT2D eigenvalue weighted by molar-refractivity contribution is -0.115. The average molecular weight is 349 g/mol. The second-order valence-corrected chi connectivity index (χ2v) is 7.01. The van der Waals surface area contributed by atoms with E-state index in [4.69, 9.17) is 4.74 Å².